The van der Waals surface area contributed by atoms with Crippen LogP contribution >= 0.6 is 0 Å². The second-order valence-electron chi connectivity index (χ2n) is 5.69. The van der Waals surface area contributed by atoms with Gasteiger partial charge in [0, 0.05) is 0 Å². The van der Waals surface area contributed by atoms with Crippen molar-refractivity contribution in [3.05, 3.63) is 35.4 Å². The summed E-state index contributed by atoms with van der Waals surface area (Å²) in [6.45, 7) is 10.1. The third kappa shape index (κ3) is 6.22. The molecular weight excluding hydrogens is 232 g/mol. The van der Waals surface area contributed by atoms with Crippen molar-refractivity contribution in [2.75, 3.05) is 26.7 Å². The zero-order valence-corrected chi connectivity index (χ0v) is 13.0. The maximum Gasteiger partial charge on any atom is -0.000580 e. The first kappa shape index (κ1) is 16.2. The Morgan fingerprint density at radius 2 is 1.63 bits per heavy atom. The van der Waals surface area contributed by atoms with Crippen LogP contribution in [0.4, 0.5) is 0 Å². The van der Waals surface area contributed by atoms with Crippen molar-refractivity contribution in [1.29, 1.82) is 0 Å². The third-order valence-corrected chi connectivity index (χ3v) is 3.84. The number of rotatable bonds is 9. The number of hydrogen-bond donors (Lipinski definition) is 2. The molecule has 0 aliphatic heterocycles. The minimum Gasteiger partial charge on any atom is -0.319 e. The highest BCUT2D eigenvalue weighted by molar-refractivity contribution is 5.22. The molecule has 19 heavy (non-hydrogen) atoms. The predicted octanol–water partition coefficient (Wildman–Crippen LogP) is 2.87. The number of nitrogens with one attached hydrogen (secondary N) is 2. The van der Waals surface area contributed by atoms with Gasteiger partial charge >= 0.3 is 0 Å². The van der Waals surface area contributed by atoms with Crippen molar-refractivity contribution in [2.24, 2.45) is 11.8 Å². The van der Waals surface area contributed by atoms with E-state index in [9.17, 15) is 0 Å². The first-order valence-corrected chi connectivity index (χ1v) is 7.60. The summed E-state index contributed by atoms with van der Waals surface area (Å²) >= 11 is 0. The van der Waals surface area contributed by atoms with Crippen LogP contribution in [0.5, 0.6) is 0 Å². The summed E-state index contributed by atoms with van der Waals surface area (Å²) in [7, 11) is 2.03. The van der Waals surface area contributed by atoms with Crippen molar-refractivity contribution in [3.63, 3.8) is 0 Å². The van der Waals surface area contributed by atoms with Gasteiger partial charge in [0.25, 0.3) is 0 Å². The van der Waals surface area contributed by atoms with Gasteiger partial charge < -0.3 is 10.6 Å². The Kier molecular flexibility index (Phi) is 7.76. The van der Waals surface area contributed by atoms with E-state index in [1.807, 2.05) is 7.05 Å². The van der Waals surface area contributed by atoms with E-state index >= 15 is 0 Å². The first-order chi connectivity index (χ1) is 9.17. The van der Waals surface area contributed by atoms with E-state index in [-0.39, 0.29) is 0 Å². The van der Waals surface area contributed by atoms with Crippen LogP contribution in [-0.4, -0.2) is 26.7 Å². The summed E-state index contributed by atoms with van der Waals surface area (Å²) in [5.74, 6) is 1.44. The molecule has 0 amide bonds. The van der Waals surface area contributed by atoms with Gasteiger partial charge in [-0.3, -0.25) is 0 Å². The van der Waals surface area contributed by atoms with Gasteiger partial charge in [-0.15, -0.1) is 0 Å². The van der Waals surface area contributed by atoms with Gasteiger partial charge in [0.2, 0.25) is 0 Å². The highest BCUT2D eigenvalue weighted by Crippen LogP contribution is 2.08. The van der Waals surface area contributed by atoms with Crippen LogP contribution < -0.4 is 10.6 Å². The Hall–Kier alpha value is -0.860. The van der Waals surface area contributed by atoms with E-state index < -0.39 is 0 Å². The summed E-state index contributed by atoms with van der Waals surface area (Å²) in [5, 5.41) is 6.87. The molecule has 0 saturated carbocycles. The molecule has 2 N–H and O–H groups in total. The van der Waals surface area contributed by atoms with Crippen LogP contribution in [0.15, 0.2) is 24.3 Å². The Morgan fingerprint density at radius 3 is 2.16 bits per heavy atom. The lowest BCUT2D eigenvalue weighted by Gasteiger charge is -2.21. The smallest absolute Gasteiger partial charge is 0.000580 e. The summed E-state index contributed by atoms with van der Waals surface area (Å²) in [5.41, 5.74) is 2.85. The van der Waals surface area contributed by atoms with Crippen LogP contribution in [0, 0.1) is 11.8 Å². The van der Waals surface area contributed by atoms with Crippen molar-refractivity contribution >= 4 is 0 Å². The van der Waals surface area contributed by atoms with Crippen molar-refractivity contribution < 1.29 is 0 Å². The fourth-order valence-corrected chi connectivity index (χ4v) is 2.27. The molecule has 108 valence electrons. The van der Waals surface area contributed by atoms with Gasteiger partial charge in [0.1, 0.15) is 0 Å². The molecule has 2 nitrogen and oxygen atoms in total. The molecule has 1 aromatic rings. The largest absolute Gasteiger partial charge is 0.319 e. The second kappa shape index (κ2) is 9.11. The lowest BCUT2D eigenvalue weighted by Crippen LogP contribution is -2.34. The Labute approximate surface area is 119 Å². The molecule has 1 rings (SSSR count). The normalized spacial score (nSPS) is 12.9. The molecule has 0 aliphatic carbocycles. The zero-order valence-electron chi connectivity index (χ0n) is 13.0. The quantitative estimate of drug-likeness (QED) is 0.669. The summed E-state index contributed by atoms with van der Waals surface area (Å²) in [6, 6.07) is 9.00. The number of benzene rings is 1. The van der Waals surface area contributed by atoms with E-state index in [0.717, 1.165) is 38.4 Å². The molecule has 1 aromatic carbocycles. The molecule has 0 bridgehead atoms. The SMILES string of the molecule is CCc1ccc(CCNCC(CNC)C(C)C)cc1. The van der Waals surface area contributed by atoms with Crippen LogP contribution in [0.2, 0.25) is 0 Å². The van der Waals surface area contributed by atoms with Crippen LogP contribution in [0.25, 0.3) is 0 Å². The molecule has 0 fully saturated rings. The number of aryl methyl sites for hydroxylation is 1. The minimum atomic E-state index is 0.715. The molecule has 0 saturated heterocycles. The fourth-order valence-electron chi connectivity index (χ4n) is 2.27. The minimum absolute atomic E-state index is 0.715. The number of hydrogen-bond acceptors (Lipinski definition) is 2. The van der Waals surface area contributed by atoms with Crippen LogP contribution in [0.3, 0.4) is 0 Å². The standard InChI is InChI=1S/C17H30N2/c1-5-15-6-8-16(9-7-15)10-11-19-13-17(12-18-4)14(2)3/h6-9,14,17-19H,5,10-13H2,1-4H3. The average Bonchev–Trinajstić information content (AvgIpc) is 2.42. The molecule has 0 aromatic heterocycles. The van der Waals surface area contributed by atoms with Crippen LogP contribution in [0.1, 0.15) is 31.9 Å². The summed E-state index contributed by atoms with van der Waals surface area (Å²) in [4.78, 5) is 0. The summed E-state index contributed by atoms with van der Waals surface area (Å²) in [6.07, 6.45) is 2.24. The summed E-state index contributed by atoms with van der Waals surface area (Å²) < 4.78 is 0. The van der Waals surface area contributed by atoms with E-state index in [1.54, 1.807) is 0 Å². The topological polar surface area (TPSA) is 24.1 Å². The molecule has 0 spiro atoms. The first-order valence-electron chi connectivity index (χ1n) is 7.60. The van der Waals surface area contributed by atoms with E-state index in [2.05, 4.69) is 55.7 Å². The molecular formula is C17H30N2. The third-order valence-electron chi connectivity index (χ3n) is 3.84. The molecule has 0 radical (unpaired) electrons. The van der Waals surface area contributed by atoms with Crippen LogP contribution in [-0.2, 0) is 12.8 Å². The Morgan fingerprint density at radius 1 is 1.00 bits per heavy atom. The lowest BCUT2D eigenvalue weighted by molar-refractivity contribution is 0.354. The highest BCUT2D eigenvalue weighted by Gasteiger charge is 2.11. The second-order valence-corrected chi connectivity index (χ2v) is 5.69. The van der Waals surface area contributed by atoms with E-state index in [4.69, 9.17) is 0 Å². The predicted molar refractivity (Wildman–Crippen MR) is 84.6 cm³/mol. The molecule has 1 atom stereocenters. The van der Waals surface area contributed by atoms with Crippen molar-refractivity contribution in [1.82, 2.24) is 10.6 Å². The Balaban J connectivity index is 2.25. The Bertz CT molecular complexity index is 330. The molecule has 0 heterocycles. The highest BCUT2D eigenvalue weighted by atomic mass is 14.9. The maximum atomic E-state index is 3.59. The van der Waals surface area contributed by atoms with Gasteiger partial charge in [0.15, 0.2) is 0 Å². The van der Waals surface area contributed by atoms with Gasteiger partial charge in [-0.2, -0.15) is 0 Å². The zero-order chi connectivity index (χ0) is 14.1. The van der Waals surface area contributed by atoms with Crippen molar-refractivity contribution in [2.45, 2.75) is 33.6 Å². The van der Waals surface area contributed by atoms with Crippen molar-refractivity contribution in [3.8, 4) is 0 Å². The average molecular weight is 262 g/mol. The fraction of sp³-hybridized carbons (Fsp3) is 0.647. The van der Waals surface area contributed by atoms with Gasteiger partial charge in [0.05, 0.1) is 0 Å². The van der Waals surface area contributed by atoms with Gasteiger partial charge in [-0.05, 0) is 62.5 Å². The maximum absolute atomic E-state index is 3.59. The molecule has 1 unspecified atom stereocenters. The monoisotopic (exact) mass is 262 g/mol. The van der Waals surface area contributed by atoms with E-state index in [1.165, 1.54) is 11.1 Å². The molecule has 2 heteroatoms. The van der Waals surface area contributed by atoms with E-state index in [0.29, 0.717) is 5.92 Å². The lowest BCUT2D eigenvalue weighted by atomic mass is 9.96. The molecule has 0 aliphatic rings. The van der Waals surface area contributed by atoms with Gasteiger partial charge in [-0.1, -0.05) is 45.0 Å². The van der Waals surface area contributed by atoms with Gasteiger partial charge in [-0.25, -0.2) is 0 Å².